The third-order valence-electron chi connectivity index (χ3n) is 5.77. The van der Waals surface area contributed by atoms with Gasteiger partial charge in [0.1, 0.15) is 17.9 Å². The lowest BCUT2D eigenvalue weighted by atomic mass is 9.99. The monoisotopic (exact) mass is 419 g/mol. The lowest BCUT2D eigenvalue weighted by Crippen LogP contribution is -2.45. The van der Waals surface area contributed by atoms with E-state index in [2.05, 4.69) is 11.1 Å². The minimum absolute atomic E-state index is 0.0590. The summed E-state index contributed by atoms with van der Waals surface area (Å²) in [7, 11) is 0. The Morgan fingerprint density at radius 3 is 2.68 bits per heavy atom. The number of carboxylic acids is 1. The van der Waals surface area contributed by atoms with Crippen molar-refractivity contribution in [1.82, 2.24) is 9.88 Å². The van der Waals surface area contributed by atoms with Crippen LogP contribution in [0.15, 0.2) is 24.3 Å². The second kappa shape index (κ2) is 7.72. The fraction of sp³-hybridized carbons (Fsp3) is 0.318. The van der Waals surface area contributed by atoms with Gasteiger partial charge in [-0.2, -0.15) is 5.26 Å². The number of nitrogens with two attached hydrogens (primary N) is 2. The molecule has 31 heavy (non-hydrogen) atoms. The van der Waals surface area contributed by atoms with E-state index in [1.165, 1.54) is 4.90 Å². The van der Waals surface area contributed by atoms with Crippen molar-refractivity contribution in [3.05, 3.63) is 46.5 Å². The minimum Gasteiger partial charge on any atom is -0.481 e. The van der Waals surface area contributed by atoms with Gasteiger partial charge in [0.05, 0.1) is 11.3 Å². The van der Waals surface area contributed by atoms with Gasteiger partial charge in [0.15, 0.2) is 0 Å². The van der Waals surface area contributed by atoms with Gasteiger partial charge in [-0.25, -0.2) is 4.98 Å². The summed E-state index contributed by atoms with van der Waals surface area (Å²) in [6.07, 6.45) is 1.74. The number of benzene rings is 1. The standard InChI is InChI=1S/C22H21N5O4/c23-9-13-8-16(11-1-2-11)20(24)26-19(13)12-3-4-15-14(7-12)10-27(22(15)31)17(21(25)30)5-6-18(28)29/h3-4,7-8,11,17H,1-2,5-6,10H2,(H2,24,26)(H2,25,30)(H,28,29). The summed E-state index contributed by atoms with van der Waals surface area (Å²) in [5, 5.41) is 18.5. The van der Waals surface area contributed by atoms with Crippen LogP contribution in [0.1, 0.15) is 58.6 Å². The van der Waals surface area contributed by atoms with Gasteiger partial charge in [0, 0.05) is 24.1 Å². The maximum atomic E-state index is 12.8. The van der Waals surface area contributed by atoms with Gasteiger partial charge < -0.3 is 21.5 Å². The van der Waals surface area contributed by atoms with Gasteiger partial charge in [-0.15, -0.1) is 0 Å². The van der Waals surface area contributed by atoms with Crippen molar-refractivity contribution >= 4 is 23.6 Å². The van der Waals surface area contributed by atoms with Crippen LogP contribution in [-0.4, -0.2) is 38.8 Å². The summed E-state index contributed by atoms with van der Waals surface area (Å²) >= 11 is 0. The number of fused-ring (bicyclic) bond motifs is 1. The lowest BCUT2D eigenvalue weighted by Gasteiger charge is -2.24. The molecule has 1 aliphatic heterocycles. The van der Waals surface area contributed by atoms with Crippen molar-refractivity contribution in [2.24, 2.45) is 5.73 Å². The SMILES string of the molecule is N#Cc1cc(C2CC2)c(N)nc1-c1ccc2c(c1)CN(C(CCC(=O)O)C(N)=O)C2=O. The molecule has 0 bridgehead atoms. The largest absolute Gasteiger partial charge is 0.481 e. The molecule has 1 aliphatic carbocycles. The van der Waals surface area contributed by atoms with Gasteiger partial charge in [-0.1, -0.05) is 6.07 Å². The number of carbonyl (C=O) groups is 3. The maximum Gasteiger partial charge on any atom is 0.303 e. The summed E-state index contributed by atoms with van der Waals surface area (Å²) in [4.78, 5) is 41.4. The summed E-state index contributed by atoms with van der Waals surface area (Å²) < 4.78 is 0. The number of hydrogen-bond acceptors (Lipinski definition) is 6. The quantitative estimate of drug-likeness (QED) is 0.615. The molecule has 1 atom stereocenters. The van der Waals surface area contributed by atoms with Crippen LogP contribution in [0.3, 0.4) is 0 Å². The Morgan fingerprint density at radius 2 is 2.06 bits per heavy atom. The fourth-order valence-corrected chi connectivity index (χ4v) is 4.02. The van der Waals surface area contributed by atoms with Crippen molar-refractivity contribution in [2.45, 2.75) is 44.2 Å². The molecule has 2 aromatic rings. The van der Waals surface area contributed by atoms with E-state index in [4.69, 9.17) is 16.6 Å². The van der Waals surface area contributed by atoms with Crippen molar-refractivity contribution in [3.63, 3.8) is 0 Å². The highest BCUT2D eigenvalue weighted by Crippen LogP contribution is 2.43. The fourth-order valence-electron chi connectivity index (χ4n) is 4.02. The maximum absolute atomic E-state index is 12.8. The predicted molar refractivity (Wildman–Crippen MR) is 111 cm³/mol. The molecule has 9 heteroatoms. The summed E-state index contributed by atoms with van der Waals surface area (Å²) in [5.74, 6) is -1.44. The number of carbonyl (C=O) groups excluding carboxylic acids is 2. The van der Waals surface area contributed by atoms with Crippen LogP contribution in [0.5, 0.6) is 0 Å². The molecule has 2 heterocycles. The Hall–Kier alpha value is -3.93. The van der Waals surface area contributed by atoms with Crippen molar-refractivity contribution in [1.29, 1.82) is 5.26 Å². The molecule has 1 fully saturated rings. The first-order valence-electron chi connectivity index (χ1n) is 9.96. The van der Waals surface area contributed by atoms with E-state index in [-0.39, 0.29) is 25.3 Å². The van der Waals surface area contributed by atoms with Gasteiger partial charge in [0.25, 0.3) is 5.91 Å². The molecule has 0 spiro atoms. The van der Waals surface area contributed by atoms with E-state index in [0.717, 1.165) is 18.4 Å². The van der Waals surface area contributed by atoms with E-state index < -0.39 is 17.9 Å². The summed E-state index contributed by atoms with van der Waals surface area (Å²) in [5.41, 5.74) is 15.0. The van der Waals surface area contributed by atoms with Gasteiger partial charge in [-0.05, 0) is 54.5 Å². The van der Waals surface area contributed by atoms with E-state index in [0.29, 0.717) is 39.7 Å². The number of hydrogen-bond donors (Lipinski definition) is 3. The second-order valence-electron chi connectivity index (χ2n) is 7.90. The van der Waals surface area contributed by atoms with Crippen LogP contribution in [0, 0.1) is 11.3 Å². The van der Waals surface area contributed by atoms with E-state index in [1.807, 2.05) is 0 Å². The molecule has 0 radical (unpaired) electrons. The highest BCUT2D eigenvalue weighted by molar-refractivity contribution is 6.01. The average Bonchev–Trinajstić information content (AvgIpc) is 3.52. The first kappa shape index (κ1) is 20.3. The number of nitriles is 1. The topological polar surface area (TPSA) is 163 Å². The molecule has 1 aromatic carbocycles. The summed E-state index contributed by atoms with van der Waals surface area (Å²) in [6.45, 7) is 0.118. The van der Waals surface area contributed by atoms with Gasteiger partial charge in [-0.3, -0.25) is 14.4 Å². The number of aromatic nitrogens is 1. The number of anilines is 1. The van der Waals surface area contributed by atoms with Crippen LogP contribution in [0.4, 0.5) is 5.82 Å². The molecule has 1 unspecified atom stereocenters. The van der Waals surface area contributed by atoms with E-state index >= 15 is 0 Å². The molecule has 2 amide bonds. The minimum atomic E-state index is -1.07. The Labute approximate surface area is 178 Å². The normalized spacial score (nSPS) is 16.0. The molecular weight excluding hydrogens is 398 g/mol. The molecule has 2 aliphatic rings. The Morgan fingerprint density at radius 1 is 1.32 bits per heavy atom. The third kappa shape index (κ3) is 3.80. The number of nitrogen functional groups attached to an aromatic ring is 1. The second-order valence-corrected chi connectivity index (χ2v) is 7.90. The number of carboxylic acid groups (broad SMARTS) is 1. The first-order chi connectivity index (χ1) is 14.8. The highest BCUT2D eigenvalue weighted by Gasteiger charge is 2.36. The smallest absolute Gasteiger partial charge is 0.303 e. The highest BCUT2D eigenvalue weighted by atomic mass is 16.4. The number of rotatable bonds is 7. The number of pyridine rings is 1. The number of primary amides is 1. The van der Waals surface area contributed by atoms with Crippen LogP contribution in [0.25, 0.3) is 11.3 Å². The van der Waals surface area contributed by atoms with Crippen LogP contribution >= 0.6 is 0 Å². The zero-order chi connectivity index (χ0) is 22.3. The van der Waals surface area contributed by atoms with Crippen molar-refractivity contribution in [3.8, 4) is 17.3 Å². The van der Waals surface area contributed by atoms with Gasteiger partial charge in [0.2, 0.25) is 5.91 Å². The Kier molecular flexibility index (Phi) is 5.07. The predicted octanol–water partition coefficient (Wildman–Crippen LogP) is 1.75. The molecule has 158 valence electrons. The molecule has 4 rings (SSSR count). The van der Waals surface area contributed by atoms with Crippen LogP contribution in [-0.2, 0) is 16.1 Å². The molecular formula is C22H21N5O4. The van der Waals surface area contributed by atoms with E-state index in [9.17, 15) is 19.6 Å². The van der Waals surface area contributed by atoms with Crippen LogP contribution in [0.2, 0.25) is 0 Å². The zero-order valence-electron chi connectivity index (χ0n) is 16.7. The lowest BCUT2D eigenvalue weighted by molar-refractivity contribution is -0.137. The third-order valence-corrected chi connectivity index (χ3v) is 5.77. The van der Waals surface area contributed by atoms with E-state index in [1.54, 1.807) is 24.3 Å². The van der Waals surface area contributed by atoms with Crippen molar-refractivity contribution < 1.29 is 19.5 Å². The summed E-state index contributed by atoms with van der Waals surface area (Å²) in [6, 6.07) is 8.02. The van der Waals surface area contributed by atoms with Crippen LogP contribution < -0.4 is 11.5 Å². The van der Waals surface area contributed by atoms with Gasteiger partial charge >= 0.3 is 5.97 Å². The molecule has 5 N–H and O–H groups in total. The van der Waals surface area contributed by atoms with Crippen molar-refractivity contribution in [2.75, 3.05) is 5.73 Å². The zero-order valence-corrected chi connectivity index (χ0v) is 16.7. The number of aliphatic carboxylic acids is 1. The first-order valence-corrected chi connectivity index (χ1v) is 9.96. The molecule has 1 aromatic heterocycles. The number of amides is 2. The average molecular weight is 419 g/mol. The molecule has 1 saturated carbocycles. The number of nitrogens with zero attached hydrogens (tertiary/aromatic N) is 3. The molecule has 0 saturated heterocycles. The molecule has 9 nitrogen and oxygen atoms in total. The Bertz CT molecular complexity index is 1150. The Balaban J connectivity index is 1.66.